The lowest BCUT2D eigenvalue weighted by atomic mass is 9.64. The van der Waals surface area contributed by atoms with Crippen LogP contribution in [0.2, 0.25) is 0 Å². The number of ether oxygens (including phenoxy) is 1. The van der Waals surface area contributed by atoms with Gasteiger partial charge in [0, 0.05) is 30.7 Å². The summed E-state index contributed by atoms with van der Waals surface area (Å²) in [6.07, 6.45) is 2.28. The van der Waals surface area contributed by atoms with Gasteiger partial charge in [0.1, 0.15) is 0 Å². The second-order valence-corrected chi connectivity index (χ2v) is 5.96. The molecule has 1 heterocycles. The molecular weight excluding hydrogens is 232 g/mol. The van der Waals surface area contributed by atoms with E-state index in [1.165, 1.54) is 0 Å². The Kier molecular flexibility index (Phi) is 4.25. The third kappa shape index (κ3) is 3.02. The number of hydrogen-bond donors (Lipinski definition) is 3. The van der Waals surface area contributed by atoms with Gasteiger partial charge in [0.25, 0.3) is 0 Å². The number of aliphatic hydroxyl groups is 1. The lowest BCUT2D eigenvalue weighted by Crippen LogP contribution is -2.61. The number of carbonyl (C=O) groups excluding carboxylic acids is 1. The monoisotopic (exact) mass is 256 g/mol. The van der Waals surface area contributed by atoms with E-state index in [0.717, 1.165) is 32.5 Å². The Morgan fingerprint density at radius 2 is 2.06 bits per heavy atom. The van der Waals surface area contributed by atoms with Crippen LogP contribution in [0.3, 0.4) is 0 Å². The highest BCUT2D eigenvalue weighted by Crippen LogP contribution is 2.40. The minimum absolute atomic E-state index is 0.0408. The van der Waals surface area contributed by atoms with E-state index < -0.39 is 0 Å². The van der Waals surface area contributed by atoms with Gasteiger partial charge in [0.15, 0.2) is 0 Å². The predicted octanol–water partition coefficient (Wildman–Crippen LogP) is 0.0306. The molecule has 3 N–H and O–H groups in total. The molecule has 1 amide bonds. The number of hydrogen-bond acceptors (Lipinski definition) is 4. The van der Waals surface area contributed by atoms with Crippen LogP contribution < -0.4 is 10.6 Å². The number of carbonyl (C=O) groups is 1. The summed E-state index contributed by atoms with van der Waals surface area (Å²) in [6.45, 7) is 5.85. The SMILES string of the molecule is CC1(C)C(O)CC1NCC(=O)NC1CCOCC1. The first kappa shape index (κ1) is 13.8. The van der Waals surface area contributed by atoms with Crippen LogP contribution in [0.4, 0.5) is 0 Å². The van der Waals surface area contributed by atoms with Crippen molar-refractivity contribution < 1.29 is 14.6 Å². The first-order valence-corrected chi connectivity index (χ1v) is 6.78. The van der Waals surface area contributed by atoms with Crippen molar-refractivity contribution in [2.45, 2.75) is 51.3 Å². The third-order valence-corrected chi connectivity index (χ3v) is 4.31. The van der Waals surface area contributed by atoms with Crippen molar-refractivity contribution in [3.05, 3.63) is 0 Å². The Morgan fingerprint density at radius 1 is 1.39 bits per heavy atom. The first-order valence-electron chi connectivity index (χ1n) is 6.78. The maximum absolute atomic E-state index is 11.8. The summed E-state index contributed by atoms with van der Waals surface area (Å²) in [5.41, 5.74) is -0.126. The van der Waals surface area contributed by atoms with Crippen molar-refractivity contribution in [1.29, 1.82) is 0 Å². The molecule has 5 nitrogen and oxygen atoms in total. The standard InChI is InChI=1S/C13H24N2O3/c1-13(2)10(7-11(13)16)14-8-12(17)15-9-3-5-18-6-4-9/h9-11,14,16H,3-8H2,1-2H3,(H,15,17). The molecule has 0 spiro atoms. The summed E-state index contributed by atoms with van der Waals surface area (Å²) < 4.78 is 5.25. The summed E-state index contributed by atoms with van der Waals surface area (Å²) in [7, 11) is 0. The van der Waals surface area contributed by atoms with Gasteiger partial charge in [-0.05, 0) is 19.3 Å². The lowest BCUT2D eigenvalue weighted by Gasteiger charge is -2.49. The average Bonchev–Trinajstić information content (AvgIpc) is 2.35. The molecule has 0 aromatic rings. The van der Waals surface area contributed by atoms with E-state index in [1.54, 1.807) is 0 Å². The van der Waals surface area contributed by atoms with Crippen LogP contribution in [0, 0.1) is 5.41 Å². The first-order chi connectivity index (χ1) is 8.50. The van der Waals surface area contributed by atoms with Crippen molar-refractivity contribution in [1.82, 2.24) is 10.6 Å². The van der Waals surface area contributed by atoms with Crippen LogP contribution in [0.1, 0.15) is 33.1 Å². The Labute approximate surface area is 108 Å². The van der Waals surface area contributed by atoms with Gasteiger partial charge in [0.2, 0.25) is 5.91 Å². The molecule has 104 valence electrons. The maximum Gasteiger partial charge on any atom is 0.234 e. The molecule has 0 aromatic carbocycles. The number of aliphatic hydroxyl groups excluding tert-OH is 1. The Balaban J connectivity index is 1.66. The van der Waals surface area contributed by atoms with Crippen molar-refractivity contribution in [2.75, 3.05) is 19.8 Å². The molecule has 0 radical (unpaired) electrons. The topological polar surface area (TPSA) is 70.6 Å². The Bertz CT molecular complexity index is 301. The highest BCUT2D eigenvalue weighted by Gasteiger charge is 2.46. The van der Waals surface area contributed by atoms with Gasteiger partial charge in [-0.25, -0.2) is 0 Å². The minimum atomic E-state index is -0.256. The highest BCUT2D eigenvalue weighted by atomic mass is 16.5. The third-order valence-electron chi connectivity index (χ3n) is 4.31. The fraction of sp³-hybridized carbons (Fsp3) is 0.923. The molecule has 1 aliphatic carbocycles. The van der Waals surface area contributed by atoms with Crippen LogP contribution in [0.5, 0.6) is 0 Å². The van der Waals surface area contributed by atoms with E-state index in [9.17, 15) is 9.90 Å². The van der Waals surface area contributed by atoms with E-state index in [4.69, 9.17) is 4.74 Å². The number of amides is 1. The summed E-state index contributed by atoms with van der Waals surface area (Å²) in [5.74, 6) is 0.0408. The van der Waals surface area contributed by atoms with Crippen LogP contribution in [-0.4, -0.2) is 49.0 Å². The van der Waals surface area contributed by atoms with E-state index in [1.807, 2.05) is 13.8 Å². The molecule has 18 heavy (non-hydrogen) atoms. The summed E-state index contributed by atoms with van der Waals surface area (Å²) in [6, 6.07) is 0.487. The maximum atomic E-state index is 11.8. The Morgan fingerprint density at radius 3 is 2.61 bits per heavy atom. The van der Waals surface area contributed by atoms with E-state index in [0.29, 0.717) is 6.54 Å². The fourth-order valence-electron chi connectivity index (χ4n) is 2.59. The van der Waals surface area contributed by atoms with Crippen molar-refractivity contribution in [3.63, 3.8) is 0 Å². The second-order valence-electron chi connectivity index (χ2n) is 5.96. The van der Waals surface area contributed by atoms with Gasteiger partial charge in [-0.1, -0.05) is 13.8 Å². The molecule has 2 unspecified atom stereocenters. The normalized spacial score (nSPS) is 31.7. The fourth-order valence-corrected chi connectivity index (χ4v) is 2.59. The van der Waals surface area contributed by atoms with Crippen molar-refractivity contribution >= 4 is 5.91 Å². The molecule has 0 aromatic heterocycles. The van der Waals surface area contributed by atoms with Gasteiger partial charge in [-0.3, -0.25) is 4.79 Å². The highest BCUT2D eigenvalue weighted by molar-refractivity contribution is 5.78. The molecule has 1 saturated carbocycles. The van der Waals surface area contributed by atoms with Gasteiger partial charge >= 0.3 is 0 Å². The van der Waals surface area contributed by atoms with Gasteiger partial charge in [-0.2, -0.15) is 0 Å². The van der Waals surface area contributed by atoms with Crippen LogP contribution >= 0.6 is 0 Å². The molecule has 2 atom stereocenters. The van der Waals surface area contributed by atoms with Gasteiger partial charge in [0.05, 0.1) is 12.6 Å². The number of rotatable bonds is 4. The van der Waals surface area contributed by atoms with Crippen LogP contribution in [0.15, 0.2) is 0 Å². The average molecular weight is 256 g/mol. The molecule has 1 aliphatic heterocycles. The Hall–Kier alpha value is -0.650. The minimum Gasteiger partial charge on any atom is -0.392 e. The van der Waals surface area contributed by atoms with Gasteiger partial charge < -0.3 is 20.5 Å². The molecule has 0 bridgehead atoms. The van der Waals surface area contributed by atoms with E-state index in [-0.39, 0.29) is 29.5 Å². The largest absolute Gasteiger partial charge is 0.392 e. The zero-order valence-corrected chi connectivity index (χ0v) is 11.2. The summed E-state index contributed by atoms with van der Waals surface area (Å²) in [5, 5.41) is 15.9. The molecule has 1 saturated heterocycles. The lowest BCUT2D eigenvalue weighted by molar-refractivity contribution is -0.123. The summed E-state index contributed by atoms with van der Waals surface area (Å²) >= 11 is 0. The molecule has 2 fully saturated rings. The summed E-state index contributed by atoms with van der Waals surface area (Å²) in [4.78, 5) is 11.8. The molecule has 2 rings (SSSR count). The number of nitrogens with one attached hydrogen (secondary N) is 2. The van der Waals surface area contributed by atoms with Gasteiger partial charge in [-0.15, -0.1) is 0 Å². The van der Waals surface area contributed by atoms with Crippen molar-refractivity contribution in [2.24, 2.45) is 5.41 Å². The quantitative estimate of drug-likeness (QED) is 0.664. The molecule has 2 aliphatic rings. The van der Waals surface area contributed by atoms with Crippen LogP contribution in [-0.2, 0) is 9.53 Å². The van der Waals surface area contributed by atoms with E-state index in [2.05, 4.69) is 10.6 Å². The van der Waals surface area contributed by atoms with Crippen molar-refractivity contribution in [3.8, 4) is 0 Å². The smallest absolute Gasteiger partial charge is 0.234 e. The predicted molar refractivity (Wildman–Crippen MR) is 68.2 cm³/mol. The zero-order valence-electron chi connectivity index (χ0n) is 11.2. The molecular formula is C13H24N2O3. The zero-order chi connectivity index (χ0) is 13.2. The molecule has 5 heteroatoms. The second kappa shape index (κ2) is 5.55. The van der Waals surface area contributed by atoms with E-state index >= 15 is 0 Å². The van der Waals surface area contributed by atoms with Crippen LogP contribution in [0.25, 0.3) is 0 Å².